The van der Waals surface area contributed by atoms with E-state index in [1.54, 1.807) is 7.11 Å². The van der Waals surface area contributed by atoms with Crippen molar-refractivity contribution in [1.29, 1.82) is 0 Å². The molecule has 0 saturated heterocycles. The molecule has 1 aromatic rings. The standard InChI is InChI=1S/C16H21NO4/c1-21-14-9-5-2-6-11(14)10-17-15(18)12-7-3-4-8-13(12)16(19)20/h2,5-6,9,12-13H,3-4,7-8,10H2,1H3,(H,17,18)(H,19,20)/p-1/t12-,13-/m0/s1. The fourth-order valence-electron chi connectivity index (χ4n) is 2.89. The molecular weight excluding hydrogens is 270 g/mol. The second-order valence-electron chi connectivity index (χ2n) is 5.35. The van der Waals surface area contributed by atoms with E-state index in [0.717, 1.165) is 18.4 Å². The number of hydrogen-bond donors (Lipinski definition) is 1. The van der Waals surface area contributed by atoms with E-state index >= 15 is 0 Å². The molecule has 114 valence electrons. The summed E-state index contributed by atoms with van der Waals surface area (Å²) in [6.07, 6.45) is 2.86. The van der Waals surface area contributed by atoms with Gasteiger partial charge in [-0.15, -0.1) is 0 Å². The van der Waals surface area contributed by atoms with Crippen LogP contribution in [-0.2, 0) is 16.1 Å². The number of aliphatic carboxylic acids is 1. The van der Waals surface area contributed by atoms with Gasteiger partial charge in [0.15, 0.2) is 0 Å². The smallest absolute Gasteiger partial charge is 0.224 e. The molecule has 2 rings (SSSR count). The number of carbonyl (C=O) groups is 2. The van der Waals surface area contributed by atoms with Gasteiger partial charge in [0.1, 0.15) is 5.75 Å². The molecule has 0 radical (unpaired) electrons. The Morgan fingerprint density at radius 1 is 1.24 bits per heavy atom. The Hall–Kier alpha value is -2.04. The van der Waals surface area contributed by atoms with Gasteiger partial charge in [0.25, 0.3) is 0 Å². The third-order valence-electron chi connectivity index (χ3n) is 4.05. The van der Waals surface area contributed by atoms with Gasteiger partial charge < -0.3 is 20.0 Å². The molecule has 1 aliphatic rings. The molecule has 5 nitrogen and oxygen atoms in total. The Labute approximate surface area is 124 Å². The first-order valence-corrected chi connectivity index (χ1v) is 7.24. The summed E-state index contributed by atoms with van der Waals surface area (Å²) in [7, 11) is 1.58. The molecule has 1 saturated carbocycles. The molecule has 0 aliphatic heterocycles. The minimum Gasteiger partial charge on any atom is -0.550 e. The van der Waals surface area contributed by atoms with Gasteiger partial charge in [0, 0.05) is 29.9 Å². The van der Waals surface area contributed by atoms with E-state index in [1.807, 2.05) is 24.3 Å². The van der Waals surface area contributed by atoms with Gasteiger partial charge in [-0.2, -0.15) is 0 Å². The summed E-state index contributed by atoms with van der Waals surface area (Å²) in [6, 6.07) is 7.42. The Morgan fingerprint density at radius 3 is 2.57 bits per heavy atom. The second-order valence-corrected chi connectivity index (χ2v) is 5.35. The highest BCUT2D eigenvalue weighted by Gasteiger charge is 2.31. The van der Waals surface area contributed by atoms with Gasteiger partial charge in [-0.1, -0.05) is 31.0 Å². The number of ether oxygens (including phenoxy) is 1. The zero-order chi connectivity index (χ0) is 15.2. The molecule has 0 heterocycles. The monoisotopic (exact) mass is 290 g/mol. The highest BCUT2D eigenvalue weighted by atomic mass is 16.5. The zero-order valence-electron chi connectivity index (χ0n) is 12.1. The Morgan fingerprint density at radius 2 is 1.90 bits per heavy atom. The molecule has 0 unspecified atom stereocenters. The van der Waals surface area contributed by atoms with Gasteiger partial charge in [0.05, 0.1) is 7.11 Å². The van der Waals surface area contributed by atoms with E-state index < -0.39 is 17.8 Å². The van der Waals surface area contributed by atoms with Crippen LogP contribution in [0, 0.1) is 11.8 Å². The van der Waals surface area contributed by atoms with Crippen molar-refractivity contribution in [3.63, 3.8) is 0 Å². The lowest BCUT2D eigenvalue weighted by atomic mass is 9.78. The third-order valence-corrected chi connectivity index (χ3v) is 4.05. The molecule has 1 aliphatic carbocycles. The number of nitrogens with one attached hydrogen (secondary N) is 1. The van der Waals surface area contributed by atoms with Crippen molar-refractivity contribution in [2.24, 2.45) is 11.8 Å². The average molecular weight is 290 g/mol. The fourth-order valence-corrected chi connectivity index (χ4v) is 2.89. The number of carbonyl (C=O) groups excluding carboxylic acids is 2. The minimum atomic E-state index is -1.12. The summed E-state index contributed by atoms with van der Waals surface area (Å²) < 4.78 is 5.23. The average Bonchev–Trinajstić information content (AvgIpc) is 2.52. The molecule has 0 bridgehead atoms. The summed E-state index contributed by atoms with van der Waals surface area (Å²) >= 11 is 0. The Balaban J connectivity index is 1.99. The number of amides is 1. The first-order chi connectivity index (χ1) is 10.1. The van der Waals surface area contributed by atoms with Crippen LogP contribution in [0.5, 0.6) is 5.75 Å². The topological polar surface area (TPSA) is 78.5 Å². The first kappa shape index (κ1) is 15.4. The molecule has 2 atom stereocenters. The molecule has 1 amide bonds. The summed E-state index contributed by atoms with van der Waals surface area (Å²) in [5.74, 6) is -1.78. The number of benzene rings is 1. The van der Waals surface area contributed by atoms with E-state index in [2.05, 4.69) is 5.32 Å². The molecule has 1 aromatic carbocycles. The van der Waals surface area contributed by atoms with E-state index in [1.165, 1.54) is 0 Å². The number of methoxy groups -OCH3 is 1. The summed E-state index contributed by atoms with van der Waals surface area (Å²) in [5.41, 5.74) is 0.870. The Kier molecular flexibility index (Phi) is 5.20. The van der Waals surface area contributed by atoms with Gasteiger partial charge in [-0.25, -0.2) is 0 Å². The van der Waals surface area contributed by atoms with Gasteiger partial charge in [-0.3, -0.25) is 4.79 Å². The lowest BCUT2D eigenvalue weighted by molar-refractivity contribution is -0.314. The van der Waals surface area contributed by atoms with Crippen LogP contribution < -0.4 is 15.2 Å². The van der Waals surface area contributed by atoms with Gasteiger partial charge in [-0.05, 0) is 18.9 Å². The largest absolute Gasteiger partial charge is 0.550 e. The quantitative estimate of drug-likeness (QED) is 0.872. The molecule has 1 N–H and O–H groups in total. The predicted octanol–water partition coefficient (Wildman–Crippen LogP) is 0.868. The van der Waals surface area contributed by atoms with Crippen LogP contribution >= 0.6 is 0 Å². The summed E-state index contributed by atoms with van der Waals surface area (Å²) in [5, 5.41) is 14.0. The highest BCUT2D eigenvalue weighted by molar-refractivity contribution is 5.84. The van der Waals surface area contributed by atoms with Crippen molar-refractivity contribution >= 4 is 11.9 Å². The van der Waals surface area contributed by atoms with Crippen LogP contribution in [-0.4, -0.2) is 19.0 Å². The van der Waals surface area contributed by atoms with E-state index in [0.29, 0.717) is 25.1 Å². The van der Waals surface area contributed by atoms with Crippen LogP contribution in [0.15, 0.2) is 24.3 Å². The molecule has 0 spiro atoms. The second kappa shape index (κ2) is 7.11. The predicted molar refractivity (Wildman–Crippen MR) is 75.3 cm³/mol. The number of para-hydroxylation sites is 1. The number of hydrogen-bond acceptors (Lipinski definition) is 4. The van der Waals surface area contributed by atoms with Crippen LogP contribution in [0.4, 0.5) is 0 Å². The number of carboxylic acids is 1. The number of rotatable bonds is 5. The van der Waals surface area contributed by atoms with Crippen molar-refractivity contribution in [2.45, 2.75) is 32.2 Å². The molecule has 0 aromatic heterocycles. The van der Waals surface area contributed by atoms with Crippen molar-refractivity contribution in [1.82, 2.24) is 5.32 Å². The molecule has 5 heteroatoms. The van der Waals surface area contributed by atoms with Crippen molar-refractivity contribution in [2.75, 3.05) is 7.11 Å². The SMILES string of the molecule is COc1ccccc1CNC(=O)[C@H]1CCCC[C@@H]1C(=O)[O-]. The van der Waals surface area contributed by atoms with Gasteiger partial charge >= 0.3 is 0 Å². The summed E-state index contributed by atoms with van der Waals surface area (Å²) in [6.45, 7) is 0.332. The maximum absolute atomic E-state index is 12.2. The molecular formula is C16H20NO4-. The number of carboxylic acid groups (broad SMARTS) is 1. The van der Waals surface area contributed by atoms with Crippen molar-refractivity contribution in [3.05, 3.63) is 29.8 Å². The maximum Gasteiger partial charge on any atom is 0.224 e. The minimum absolute atomic E-state index is 0.213. The molecule has 21 heavy (non-hydrogen) atoms. The van der Waals surface area contributed by atoms with E-state index in [4.69, 9.17) is 4.74 Å². The van der Waals surface area contributed by atoms with Crippen molar-refractivity contribution < 1.29 is 19.4 Å². The fraction of sp³-hybridized carbons (Fsp3) is 0.500. The molecule has 1 fully saturated rings. The third kappa shape index (κ3) is 3.74. The highest BCUT2D eigenvalue weighted by Crippen LogP contribution is 2.30. The summed E-state index contributed by atoms with van der Waals surface area (Å²) in [4.78, 5) is 23.4. The maximum atomic E-state index is 12.2. The lowest BCUT2D eigenvalue weighted by Crippen LogP contribution is -2.44. The van der Waals surface area contributed by atoms with Crippen LogP contribution in [0.2, 0.25) is 0 Å². The van der Waals surface area contributed by atoms with Crippen LogP contribution in [0.3, 0.4) is 0 Å². The zero-order valence-corrected chi connectivity index (χ0v) is 12.1. The normalized spacial score (nSPS) is 21.6. The van der Waals surface area contributed by atoms with Crippen LogP contribution in [0.25, 0.3) is 0 Å². The van der Waals surface area contributed by atoms with E-state index in [9.17, 15) is 14.7 Å². The lowest BCUT2D eigenvalue weighted by Gasteiger charge is -2.31. The van der Waals surface area contributed by atoms with Crippen LogP contribution in [0.1, 0.15) is 31.2 Å². The van der Waals surface area contributed by atoms with E-state index in [-0.39, 0.29) is 5.91 Å². The Bertz CT molecular complexity index is 515. The first-order valence-electron chi connectivity index (χ1n) is 7.24. The van der Waals surface area contributed by atoms with Crippen molar-refractivity contribution in [3.8, 4) is 5.75 Å². The van der Waals surface area contributed by atoms with Gasteiger partial charge in [0.2, 0.25) is 5.91 Å².